The van der Waals surface area contributed by atoms with Crippen molar-refractivity contribution in [2.75, 3.05) is 18.4 Å². The Morgan fingerprint density at radius 2 is 1.88 bits per heavy atom. The van der Waals surface area contributed by atoms with Gasteiger partial charge in [0.05, 0.1) is 12.5 Å². The van der Waals surface area contributed by atoms with Crippen LogP contribution in [0.2, 0.25) is 0 Å². The van der Waals surface area contributed by atoms with Crippen LogP contribution in [0.4, 0.5) is 14.5 Å². The number of aryl methyl sites for hydroxylation is 1. The minimum atomic E-state index is -2.80. The van der Waals surface area contributed by atoms with E-state index < -0.39 is 17.9 Å². The third-order valence-corrected chi connectivity index (χ3v) is 8.25. The van der Waals surface area contributed by atoms with E-state index in [0.29, 0.717) is 43.6 Å². The third-order valence-electron chi connectivity index (χ3n) is 7.11. The lowest BCUT2D eigenvalue weighted by atomic mass is 9.85. The molecule has 2 atom stereocenters. The van der Waals surface area contributed by atoms with Gasteiger partial charge in [-0.05, 0) is 79.3 Å². The summed E-state index contributed by atoms with van der Waals surface area (Å²) in [4.78, 5) is 26.6. The standard InChI is InChI=1S/C25H29F2N3O2S/c26-25(27)15-30(13-17-14-33-22-4-2-1-3-19(17)22)12-11-20(25)16-5-7-18(8-6-16)28-21-9-10-23(31)29-24(21)32/h5-8,14,20-21,28H,1-4,9-13,15H2,(H,29,31,32). The number of piperidine rings is 2. The minimum absolute atomic E-state index is 0.224. The highest BCUT2D eigenvalue weighted by Gasteiger charge is 2.45. The monoisotopic (exact) mass is 473 g/mol. The van der Waals surface area contributed by atoms with Gasteiger partial charge < -0.3 is 5.32 Å². The van der Waals surface area contributed by atoms with Crippen molar-refractivity contribution >= 4 is 28.8 Å². The topological polar surface area (TPSA) is 61.4 Å². The van der Waals surface area contributed by atoms with E-state index in [1.807, 2.05) is 4.90 Å². The molecule has 2 aliphatic heterocycles. The van der Waals surface area contributed by atoms with E-state index >= 15 is 8.78 Å². The zero-order valence-electron chi connectivity index (χ0n) is 18.5. The number of nitrogens with one attached hydrogen (secondary N) is 2. The van der Waals surface area contributed by atoms with Gasteiger partial charge in [-0.2, -0.15) is 0 Å². The van der Waals surface area contributed by atoms with E-state index in [0.717, 1.165) is 12.8 Å². The van der Waals surface area contributed by atoms with Crippen LogP contribution in [0.1, 0.15) is 59.6 Å². The minimum Gasteiger partial charge on any atom is -0.374 e. The summed E-state index contributed by atoms with van der Waals surface area (Å²) < 4.78 is 30.4. The zero-order valence-corrected chi connectivity index (χ0v) is 19.4. The summed E-state index contributed by atoms with van der Waals surface area (Å²) in [6, 6.07) is 6.48. The lowest BCUT2D eigenvalue weighted by Gasteiger charge is -2.38. The number of alkyl halides is 2. The molecule has 0 radical (unpaired) electrons. The van der Waals surface area contributed by atoms with Crippen molar-refractivity contribution in [1.29, 1.82) is 0 Å². The number of carbonyl (C=O) groups excluding carboxylic acids is 2. The van der Waals surface area contributed by atoms with Crippen LogP contribution in [-0.4, -0.2) is 41.8 Å². The second kappa shape index (κ2) is 9.14. The van der Waals surface area contributed by atoms with Crippen LogP contribution >= 0.6 is 11.3 Å². The molecule has 5 rings (SSSR count). The maximum absolute atomic E-state index is 15.2. The van der Waals surface area contributed by atoms with E-state index in [4.69, 9.17) is 0 Å². The van der Waals surface area contributed by atoms with Gasteiger partial charge in [0.15, 0.2) is 0 Å². The summed E-state index contributed by atoms with van der Waals surface area (Å²) in [6.45, 7) is 1.04. The Bertz CT molecular complexity index is 1040. The average Bonchev–Trinajstić information content (AvgIpc) is 3.19. The molecule has 8 heteroatoms. The Labute approximate surface area is 196 Å². The van der Waals surface area contributed by atoms with Gasteiger partial charge in [-0.15, -0.1) is 11.3 Å². The van der Waals surface area contributed by atoms with Crippen molar-refractivity contribution in [3.8, 4) is 0 Å². The summed E-state index contributed by atoms with van der Waals surface area (Å²) in [5.41, 5.74) is 3.97. The lowest BCUT2D eigenvalue weighted by molar-refractivity contribution is -0.133. The Hall–Kier alpha value is -2.32. The summed E-state index contributed by atoms with van der Waals surface area (Å²) in [5.74, 6) is -4.22. The summed E-state index contributed by atoms with van der Waals surface area (Å²) in [6.07, 6.45) is 5.78. The third kappa shape index (κ3) is 4.82. The normalized spacial score (nSPS) is 25.4. The number of anilines is 1. The van der Waals surface area contributed by atoms with Crippen LogP contribution in [0.3, 0.4) is 0 Å². The summed E-state index contributed by atoms with van der Waals surface area (Å²) in [7, 11) is 0. The summed E-state index contributed by atoms with van der Waals surface area (Å²) >= 11 is 1.79. The maximum Gasteiger partial charge on any atom is 0.267 e. The molecule has 1 aromatic heterocycles. The fourth-order valence-electron chi connectivity index (χ4n) is 5.33. The van der Waals surface area contributed by atoms with Crippen LogP contribution in [0.15, 0.2) is 29.6 Å². The van der Waals surface area contributed by atoms with E-state index in [1.165, 1.54) is 28.8 Å². The molecule has 2 unspecified atom stereocenters. The predicted molar refractivity (Wildman–Crippen MR) is 125 cm³/mol. The number of hydrogen-bond donors (Lipinski definition) is 2. The average molecular weight is 474 g/mol. The number of halogens is 2. The van der Waals surface area contributed by atoms with E-state index in [-0.39, 0.29) is 18.4 Å². The molecule has 1 aliphatic carbocycles. The van der Waals surface area contributed by atoms with Crippen molar-refractivity contribution < 1.29 is 18.4 Å². The number of amides is 2. The summed E-state index contributed by atoms with van der Waals surface area (Å²) in [5, 5.41) is 7.59. The van der Waals surface area contributed by atoms with Gasteiger partial charge in [0.25, 0.3) is 5.92 Å². The van der Waals surface area contributed by atoms with Gasteiger partial charge in [-0.3, -0.25) is 19.8 Å². The number of carbonyl (C=O) groups is 2. The number of benzene rings is 1. The first-order valence-electron chi connectivity index (χ1n) is 11.8. The first-order chi connectivity index (χ1) is 15.9. The quantitative estimate of drug-likeness (QED) is 0.629. The van der Waals surface area contributed by atoms with Gasteiger partial charge in [0.1, 0.15) is 6.04 Å². The highest BCUT2D eigenvalue weighted by atomic mass is 32.1. The number of nitrogens with zero attached hydrogens (tertiary/aromatic N) is 1. The van der Waals surface area contributed by atoms with Crippen molar-refractivity contribution in [3.63, 3.8) is 0 Å². The second-order valence-electron chi connectivity index (χ2n) is 9.45. The first kappa shape index (κ1) is 22.5. The van der Waals surface area contributed by atoms with Gasteiger partial charge in [-0.25, -0.2) is 8.78 Å². The van der Waals surface area contributed by atoms with Crippen molar-refractivity contribution in [2.45, 2.75) is 69.4 Å². The van der Waals surface area contributed by atoms with Gasteiger partial charge in [-0.1, -0.05) is 12.1 Å². The fourth-order valence-corrected chi connectivity index (χ4v) is 6.47. The highest BCUT2D eigenvalue weighted by Crippen LogP contribution is 2.41. The van der Waals surface area contributed by atoms with Crippen LogP contribution in [-0.2, 0) is 29.0 Å². The van der Waals surface area contributed by atoms with Crippen LogP contribution in [0.5, 0.6) is 0 Å². The first-order valence-corrected chi connectivity index (χ1v) is 12.7. The highest BCUT2D eigenvalue weighted by molar-refractivity contribution is 7.10. The second-order valence-corrected chi connectivity index (χ2v) is 10.4. The van der Waals surface area contributed by atoms with Crippen molar-refractivity contribution in [3.05, 3.63) is 51.2 Å². The number of rotatable bonds is 5. The molecule has 2 amide bonds. The molecular formula is C25H29F2N3O2S. The number of hydrogen-bond acceptors (Lipinski definition) is 5. The smallest absolute Gasteiger partial charge is 0.267 e. The molecule has 5 nitrogen and oxygen atoms in total. The molecule has 2 N–H and O–H groups in total. The number of likely N-dealkylation sites (tertiary alicyclic amines) is 1. The van der Waals surface area contributed by atoms with Crippen molar-refractivity contribution in [2.24, 2.45) is 0 Å². The maximum atomic E-state index is 15.2. The molecule has 2 saturated heterocycles. The molecule has 33 heavy (non-hydrogen) atoms. The molecule has 0 spiro atoms. The molecule has 2 fully saturated rings. The molecule has 1 aromatic carbocycles. The van der Waals surface area contributed by atoms with E-state index in [9.17, 15) is 9.59 Å². The number of fused-ring (bicyclic) bond motifs is 1. The Morgan fingerprint density at radius 3 is 2.64 bits per heavy atom. The van der Waals surface area contributed by atoms with Crippen LogP contribution < -0.4 is 10.6 Å². The Balaban J connectivity index is 1.21. The van der Waals surface area contributed by atoms with Gasteiger partial charge >= 0.3 is 0 Å². The molecule has 176 valence electrons. The van der Waals surface area contributed by atoms with Crippen molar-refractivity contribution in [1.82, 2.24) is 10.2 Å². The molecule has 2 aromatic rings. The molecular weight excluding hydrogens is 444 g/mol. The SMILES string of the molecule is O=C1CCC(Nc2ccc(C3CCN(Cc4csc5c4CCCC5)CC3(F)F)cc2)C(=O)N1. The Morgan fingerprint density at radius 1 is 1.09 bits per heavy atom. The van der Waals surface area contributed by atoms with Gasteiger partial charge in [0.2, 0.25) is 11.8 Å². The number of thiophene rings is 1. The molecule has 0 bridgehead atoms. The lowest BCUT2D eigenvalue weighted by Crippen LogP contribution is -2.47. The fraction of sp³-hybridized carbons (Fsp3) is 0.520. The largest absolute Gasteiger partial charge is 0.374 e. The van der Waals surface area contributed by atoms with E-state index in [1.54, 1.807) is 35.6 Å². The predicted octanol–water partition coefficient (Wildman–Crippen LogP) is 4.47. The molecule has 3 heterocycles. The Kier molecular flexibility index (Phi) is 6.22. The van der Waals surface area contributed by atoms with E-state index in [2.05, 4.69) is 16.0 Å². The van der Waals surface area contributed by atoms with Crippen LogP contribution in [0, 0.1) is 0 Å². The molecule has 0 saturated carbocycles. The number of imide groups is 1. The van der Waals surface area contributed by atoms with Crippen LogP contribution in [0.25, 0.3) is 0 Å². The molecule has 3 aliphatic rings. The zero-order chi connectivity index (χ0) is 23.0. The van der Waals surface area contributed by atoms with Gasteiger partial charge in [0, 0.05) is 23.5 Å².